The van der Waals surface area contributed by atoms with Crippen LogP contribution < -0.4 is 11.1 Å². The van der Waals surface area contributed by atoms with Crippen molar-refractivity contribution < 1.29 is 0 Å². The number of fused-ring (bicyclic) bond motifs is 1. The lowest BCUT2D eigenvalue weighted by atomic mass is 10.1. The average Bonchev–Trinajstić information content (AvgIpc) is 2.46. The molecule has 0 spiro atoms. The van der Waals surface area contributed by atoms with Gasteiger partial charge >= 0.3 is 0 Å². The molecule has 0 amide bonds. The second kappa shape index (κ2) is 5.26. The van der Waals surface area contributed by atoms with E-state index >= 15 is 0 Å². The highest BCUT2D eigenvalue weighted by Crippen LogP contribution is 2.31. The Labute approximate surface area is 128 Å². The summed E-state index contributed by atoms with van der Waals surface area (Å²) >= 11 is 6.18. The molecule has 3 rings (SSSR count). The molecule has 0 bridgehead atoms. The van der Waals surface area contributed by atoms with Crippen molar-refractivity contribution in [1.29, 1.82) is 0 Å². The minimum Gasteiger partial charge on any atom is -0.398 e. The Morgan fingerprint density at radius 3 is 2.62 bits per heavy atom. The van der Waals surface area contributed by atoms with Crippen molar-refractivity contribution in [3.63, 3.8) is 0 Å². The molecule has 3 aromatic rings. The Morgan fingerprint density at radius 2 is 1.86 bits per heavy atom. The molecule has 21 heavy (non-hydrogen) atoms. The van der Waals surface area contributed by atoms with Crippen molar-refractivity contribution >= 4 is 39.4 Å². The molecule has 0 aliphatic heterocycles. The zero-order valence-electron chi connectivity index (χ0n) is 11.9. The van der Waals surface area contributed by atoms with Crippen molar-refractivity contribution in [1.82, 2.24) is 4.98 Å². The summed E-state index contributed by atoms with van der Waals surface area (Å²) in [5, 5.41) is 6.15. The highest BCUT2D eigenvalue weighted by atomic mass is 35.5. The smallest absolute Gasteiger partial charge is 0.0466 e. The van der Waals surface area contributed by atoms with Gasteiger partial charge in [-0.05, 0) is 49.7 Å². The lowest BCUT2D eigenvalue weighted by molar-refractivity contribution is 1.22. The predicted molar refractivity (Wildman–Crippen MR) is 90.4 cm³/mol. The fraction of sp³-hybridized carbons (Fsp3) is 0.118. The van der Waals surface area contributed by atoms with Gasteiger partial charge in [0, 0.05) is 44.7 Å². The van der Waals surface area contributed by atoms with Crippen molar-refractivity contribution in [2.75, 3.05) is 11.1 Å². The molecule has 0 radical (unpaired) electrons. The van der Waals surface area contributed by atoms with Crippen molar-refractivity contribution in [2.45, 2.75) is 13.8 Å². The van der Waals surface area contributed by atoms with Crippen LogP contribution >= 0.6 is 11.6 Å². The van der Waals surface area contributed by atoms with Gasteiger partial charge in [-0.2, -0.15) is 0 Å². The van der Waals surface area contributed by atoms with Crippen LogP contribution in [0.25, 0.3) is 10.8 Å². The van der Waals surface area contributed by atoms with Gasteiger partial charge in [-0.15, -0.1) is 0 Å². The van der Waals surface area contributed by atoms with Gasteiger partial charge in [0.05, 0.1) is 0 Å². The quantitative estimate of drug-likeness (QED) is 0.666. The number of nitrogens with zero attached hydrogens (tertiary/aromatic N) is 1. The monoisotopic (exact) mass is 297 g/mol. The van der Waals surface area contributed by atoms with E-state index in [2.05, 4.69) is 10.3 Å². The summed E-state index contributed by atoms with van der Waals surface area (Å²) in [5.74, 6) is 0. The first kappa shape index (κ1) is 13.7. The van der Waals surface area contributed by atoms with E-state index in [1.54, 1.807) is 0 Å². The van der Waals surface area contributed by atoms with E-state index in [1.165, 1.54) is 0 Å². The number of hydrogen-bond donors (Lipinski definition) is 2. The molecule has 0 aliphatic carbocycles. The van der Waals surface area contributed by atoms with Gasteiger partial charge in [0.2, 0.25) is 0 Å². The second-order valence-corrected chi connectivity index (χ2v) is 5.57. The summed E-state index contributed by atoms with van der Waals surface area (Å²) in [4.78, 5) is 4.31. The van der Waals surface area contributed by atoms with Crippen molar-refractivity contribution in [3.8, 4) is 0 Å². The number of nitrogen functional groups attached to an aromatic ring is 1. The van der Waals surface area contributed by atoms with Gasteiger partial charge in [-0.1, -0.05) is 17.7 Å². The molecule has 106 valence electrons. The highest BCUT2D eigenvalue weighted by Gasteiger charge is 2.06. The number of rotatable bonds is 2. The number of halogens is 1. The third-order valence-corrected chi connectivity index (χ3v) is 3.93. The molecule has 4 heteroatoms. The fourth-order valence-electron chi connectivity index (χ4n) is 2.30. The van der Waals surface area contributed by atoms with Crippen LogP contribution in [0.3, 0.4) is 0 Å². The van der Waals surface area contributed by atoms with E-state index in [0.29, 0.717) is 0 Å². The standard InChI is InChI=1S/C17H16ClN3/c1-10-3-4-12(8-15(10)18)21-17-6-5-16(19)14-9-20-11(2)7-13(14)17/h3-9,21H,19H2,1-2H3. The Kier molecular flexibility index (Phi) is 3.43. The molecule has 0 fully saturated rings. The Bertz CT molecular complexity index is 828. The first-order valence-corrected chi connectivity index (χ1v) is 7.10. The summed E-state index contributed by atoms with van der Waals surface area (Å²) in [6.45, 7) is 3.95. The van der Waals surface area contributed by atoms with Crippen molar-refractivity contribution in [2.24, 2.45) is 0 Å². The third-order valence-electron chi connectivity index (χ3n) is 3.52. The molecule has 0 saturated heterocycles. The maximum absolute atomic E-state index is 6.18. The van der Waals surface area contributed by atoms with Crippen molar-refractivity contribution in [3.05, 3.63) is 58.9 Å². The minimum absolute atomic E-state index is 0.727. The Balaban J connectivity index is 2.10. The molecule has 0 aliphatic rings. The maximum atomic E-state index is 6.18. The average molecular weight is 298 g/mol. The van der Waals surface area contributed by atoms with E-state index < -0.39 is 0 Å². The molecule has 3 N–H and O–H groups in total. The zero-order chi connectivity index (χ0) is 15.0. The molecule has 0 saturated carbocycles. The summed E-state index contributed by atoms with van der Waals surface area (Å²) in [7, 11) is 0. The number of aryl methyl sites for hydroxylation is 2. The number of aromatic nitrogens is 1. The highest BCUT2D eigenvalue weighted by molar-refractivity contribution is 6.31. The van der Waals surface area contributed by atoms with Crippen LogP contribution in [0.4, 0.5) is 17.1 Å². The molecule has 0 unspecified atom stereocenters. The van der Waals surface area contributed by atoms with E-state index in [-0.39, 0.29) is 0 Å². The van der Waals surface area contributed by atoms with Gasteiger partial charge < -0.3 is 11.1 Å². The largest absolute Gasteiger partial charge is 0.398 e. The third kappa shape index (κ3) is 2.65. The van der Waals surface area contributed by atoms with E-state index in [0.717, 1.165) is 44.1 Å². The molecule has 1 aromatic heterocycles. The zero-order valence-corrected chi connectivity index (χ0v) is 12.7. The SMILES string of the molecule is Cc1cc2c(Nc3ccc(C)c(Cl)c3)ccc(N)c2cn1. The molecule has 3 nitrogen and oxygen atoms in total. The number of pyridine rings is 1. The van der Waals surface area contributed by atoms with Gasteiger partial charge in [0.25, 0.3) is 0 Å². The van der Waals surface area contributed by atoms with Gasteiger partial charge in [-0.3, -0.25) is 4.98 Å². The normalized spacial score (nSPS) is 10.8. The van der Waals surface area contributed by atoms with Gasteiger partial charge in [0.1, 0.15) is 0 Å². The van der Waals surface area contributed by atoms with Gasteiger partial charge in [-0.25, -0.2) is 0 Å². The van der Waals surface area contributed by atoms with Crippen LogP contribution in [0, 0.1) is 13.8 Å². The number of anilines is 3. The molecule has 0 atom stereocenters. The summed E-state index contributed by atoms with van der Waals surface area (Å²) in [5.41, 5.74) is 10.7. The lowest BCUT2D eigenvalue weighted by Gasteiger charge is -2.12. The fourth-order valence-corrected chi connectivity index (χ4v) is 2.48. The van der Waals surface area contributed by atoms with Crippen LogP contribution in [0.2, 0.25) is 5.02 Å². The first-order valence-electron chi connectivity index (χ1n) is 6.72. The summed E-state index contributed by atoms with van der Waals surface area (Å²) < 4.78 is 0. The van der Waals surface area contributed by atoms with E-state index in [1.807, 2.05) is 56.4 Å². The molecule has 1 heterocycles. The maximum Gasteiger partial charge on any atom is 0.0466 e. The van der Waals surface area contributed by atoms with Crippen LogP contribution in [-0.4, -0.2) is 4.98 Å². The second-order valence-electron chi connectivity index (χ2n) is 5.16. The number of nitrogens with one attached hydrogen (secondary N) is 1. The topological polar surface area (TPSA) is 50.9 Å². The van der Waals surface area contributed by atoms with Crippen LogP contribution in [0.15, 0.2) is 42.6 Å². The van der Waals surface area contributed by atoms with Crippen LogP contribution in [0.5, 0.6) is 0 Å². The predicted octanol–water partition coefficient (Wildman–Crippen LogP) is 4.83. The Hall–Kier alpha value is -2.26. The lowest BCUT2D eigenvalue weighted by Crippen LogP contribution is -1.96. The first-order chi connectivity index (χ1) is 10.0. The van der Waals surface area contributed by atoms with Crippen LogP contribution in [-0.2, 0) is 0 Å². The van der Waals surface area contributed by atoms with E-state index in [9.17, 15) is 0 Å². The Morgan fingerprint density at radius 1 is 1.05 bits per heavy atom. The molecule has 2 aromatic carbocycles. The molecular formula is C17H16ClN3. The minimum atomic E-state index is 0.727. The number of benzene rings is 2. The summed E-state index contributed by atoms with van der Waals surface area (Å²) in [6.07, 6.45) is 1.81. The van der Waals surface area contributed by atoms with E-state index in [4.69, 9.17) is 17.3 Å². The van der Waals surface area contributed by atoms with Gasteiger partial charge in [0.15, 0.2) is 0 Å². The number of nitrogens with two attached hydrogens (primary N) is 1. The van der Waals surface area contributed by atoms with Crippen LogP contribution in [0.1, 0.15) is 11.3 Å². The summed E-state index contributed by atoms with van der Waals surface area (Å²) in [6, 6.07) is 11.8. The number of hydrogen-bond acceptors (Lipinski definition) is 3. The molecular weight excluding hydrogens is 282 g/mol.